The molecule has 1 aliphatic rings. The second kappa shape index (κ2) is 4.35. The van der Waals surface area contributed by atoms with Gasteiger partial charge in [0, 0.05) is 10.9 Å². The summed E-state index contributed by atoms with van der Waals surface area (Å²) in [6, 6.07) is 7.49. The van der Waals surface area contributed by atoms with Gasteiger partial charge in [0.25, 0.3) is 10.1 Å². The Hall–Kier alpha value is -0.580. The molecule has 0 N–H and O–H groups in total. The van der Waals surface area contributed by atoms with Gasteiger partial charge in [-0.1, -0.05) is 29.8 Å². The van der Waals surface area contributed by atoms with Gasteiger partial charge < -0.3 is 0 Å². The third-order valence-electron chi connectivity index (χ3n) is 2.81. The highest BCUT2D eigenvalue weighted by molar-refractivity contribution is 7.86. The van der Waals surface area contributed by atoms with Crippen LogP contribution in [0, 0.1) is 0 Å². The maximum absolute atomic E-state index is 11.0. The van der Waals surface area contributed by atoms with E-state index >= 15 is 0 Å². The maximum Gasteiger partial charge on any atom is 0.264 e. The molecule has 88 valence electrons. The first-order chi connectivity index (χ1) is 7.47. The zero-order valence-corrected chi connectivity index (χ0v) is 10.5. The third kappa shape index (κ3) is 2.56. The largest absolute Gasteiger partial charge is 0.266 e. The molecular formula is C11H13ClO3S. The minimum Gasteiger partial charge on any atom is -0.266 e. The maximum atomic E-state index is 11.0. The molecule has 1 aromatic rings. The average molecular weight is 261 g/mol. The molecule has 16 heavy (non-hydrogen) atoms. The molecule has 2 atom stereocenters. The minimum atomic E-state index is -3.38. The van der Waals surface area contributed by atoms with Crippen LogP contribution in [0.4, 0.5) is 0 Å². The first kappa shape index (κ1) is 11.9. The fourth-order valence-electron chi connectivity index (χ4n) is 1.94. The van der Waals surface area contributed by atoms with E-state index < -0.39 is 10.1 Å². The van der Waals surface area contributed by atoms with E-state index in [0.29, 0.717) is 5.02 Å². The molecule has 0 saturated heterocycles. The highest BCUT2D eigenvalue weighted by Gasteiger charge is 2.36. The standard InChI is InChI=1S/C11H13ClO3S/c1-16(13,14)15-11-7-6-9(11)8-4-2-3-5-10(8)12/h2-5,9,11H,6-7H2,1H3. The van der Waals surface area contributed by atoms with Gasteiger partial charge in [-0.3, -0.25) is 4.18 Å². The molecule has 0 radical (unpaired) electrons. The molecule has 1 aromatic carbocycles. The molecule has 1 aliphatic carbocycles. The van der Waals surface area contributed by atoms with Gasteiger partial charge in [0.2, 0.25) is 0 Å². The van der Waals surface area contributed by atoms with Gasteiger partial charge in [0.15, 0.2) is 0 Å². The lowest BCUT2D eigenvalue weighted by atomic mass is 9.77. The van der Waals surface area contributed by atoms with Crippen LogP contribution in [-0.4, -0.2) is 20.8 Å². The van der Waals surface area contributed by atoms with Crippen LogP contribution in [-0.2, 0) is 14.3 Å². The van der Waals surface area contributed by atoms with Gasteiger partial charge in [-0.15, -0.1) is 0 Å². The van der Waals surface area contributed by atoms with Crippen molar-refractivity contribution >= 4 is 21.7 Å². The number of hydrogen-bond donors (Lipinski definition) is 0. The quantitative estimate of drug-likeness (QED) is 0.785. The van der Waals surface area contributed by atoms with E-state index in [0.717, 1.165) is 24.7 Å². The van der Waals surface area contributed by atoms with Crippen LogP contribution in [0.3, 0.4) is 0 Å². The molecule has 2 unspecified atom stereocenters. The molecule has 1 saturated carbocycles. The highest BCUT2D eigenvalue weighted by Crippen LogP contribution is 2.42. The Labute approximate surface area is 101 Å². The van der Waals surface area contributed by atoms with Gasteiger partial charge in [-0.2, -0.15) is 8.42 Å². The average Bonchev–Trinajstić information content (AvgIpc) is 2.15. The topological polar surface area (TPSA) is 43.4 Å². The third-order valence-corrected chi connectivity index (χ3v) is 3.76. The van der Waals surface area contributed by atoms with Crippen LogP contribution >= 0.6 is 11.6 Å². The number of benzene rings is 1. The molecule has 0 aromatic heterocycles. The first-order valence-electron chi connectivity index (χ1n) is 5.10. The summed E-state index contributed by atoms with van der Waals surface area (Å²) in [4.78, 5) is 0. The number of rotatable bonds is 3. The van der Waals surface area contributed by atoms with E-state index in [1.807, 2.05) is 24.3 Å². The second-order valence-electron chi connectivity index (χ2n) is 4.04. The minimum absolute atomic E-state index is 0.100. The zero-order valence-electron chi connectivity index (χ0n) is 8.89. The molecule has 0 heterocycles. The lowest BCUT2D eigenvalue weighted by molar-refractivity contribution is 0.0982. The van der Waals surface area contributed by atoms with Crippen LogP contribution in [0.5, 0.6) is 0 Å². The van der Waals surface area contributed by atoms with Crippen molar-refractivity contribution in [3.8, 4) is 0 Å². The van der Waals surface area contributed by atoms with Crippen molar-refractivity contribution in [2.45, 2.75) is 24.9 Å². The van der Waals surface area contributed by atoms with Gasteiger partial charge in [-0.05, 0) is 24.5 Å². The van der Waals surface area contributed by atoms with Gasteiger partial charge in [0.1, 0.15) is 0 Å². The van der Waals surface area contributed by atoms with Crippen LogP contribution in [0.2, 0.25) is 5.02 Å². The Balaban J connectivity index is 2.15. The smallest absolute Gasteiger partial charge is 0.264 e. The van der Waals surface area contributed by atoms with Crippen molar-refractivity contribution in [1.82, 2.24) is 0 Å². The van der Waals surface area contributed by atoms with E-state index in [2.05, 4.69) is 0 Å². The van der Waals surface area contributed by atoms with Crippen LogP contribution in [0.25, 0.3) is 0 Å². The van der Waals surface area contributed by atoms with Gasteiger partial charge >= 0.3 is 0 Å². The van der Waals surface area contributed by atoms with Gasteiger partial charge in [-0.25, -0.2) is 0 Å². The first-order valence-corrected chi connectivity index (χ1v) is 7.29. The summed E-state index contributed by atoms with van der Waals surface area (Å²) in [5.41, 5.74) is 0.976. The Morgan fingerprint density at radius 3 is 2.50 bits per heavy atom. The van der Waals surface area contributed by atoms with Crippen molar-refractivity contribution in [2.75, 3.05) is 6.26 Å². The Morgan fingerprint density at radius 2 is 2.00 bits per heavy atom. The Bertz CT molecular complexity index is 484. The molecule has 2 rings (SSSR count). The summed E-state index contributed by atoms with van der Waals surface area (Å²) in [6.45, 7) is 0. The lowest BCUT2D eigenvalue weighted by Gasteiger charge is -2.36. The molecule has 0 spiro atoms. The molecule has 1 fully saturated rings. The highest BCUT2D eigenvalue weighted by atomic mass is 35.5. The van der Waals surface area contributed by atoms with E-state index in [-0.39, 0.29) is 12.0 Å². The predicted octanol–water partition coefficient (Wildman–Crippen LogP) is 2.56. The van der Waals surface area contributed by atoms with Crippen molar-refractivity contribution in [2.24, 2.45) is 0 Å². The Morgan fingerprint density at radius 1 is 1.31 bits per heavy atom. The molecular weight excluding hydrogens is 248 g/mol. The normalized spacial score (nSPS) is 25.1. The molecule has 0 aliphatic heterocycles. The molecule has 3 nitrogen and oxygen atoms in total. The Kier molecular flexibility index (Phi) is 3.24. The van der Waals surface area contributed by atoms with Crippen LogP contribution in [0.15, 0.2) is 24.3 Å². The van der Waals surface area contributed by atoms with E-state index in [1.165, 1.54) is 0 Å². The fourth-order valence-corrected chi connectivity index (χ4v) is 2.90. The molecule has 0 amide bonds. The lowest BCUT2D eigenvalue weighted by Crippen LogP contribution is -2.34. The summed E-state index contributed by atoms with van der Waals surface area (Å²) in [6.07, 6.45) is 2.51. The van der Waals surface area contributed by atoms with Crippen molar-refractivity contribution in [3.05, 3.63) is 34.9 Å². The van der Waals surface area contributed by atoms with Crippen LogP contribution < -0.4 is 0 Å². The van der Waals surface area contributed by atoms with Crippen molar-refractivity contribution in [1.29, 1.82) is 0 Å². The van der Waals surface area contributed by atoms with Gasteiger partial charge in [0.05, 0.1) is 12.4 Å². The summed E-state index contributed by atoms with van der Waals surface area (Å²) in [7, 11) is -3.38. The van der Waals surface area contributed by atoms with Crippen molar-refractivity contribution in [3.63, 3.8) is 0 Å². The van der Waals surface area contributed by atoms with E-state index in [9.17, 15) is 8.42 Å². The van der Waals surface area contributed by atoms with Crippen LogP contribution in [0.1, 0.15) is 24.3 Å². The van der Waals surface area contributed by atoms with Crippen molar-refractivity contribution < 1.29 is 12.6 Å². The van der Waals surface area contributed by atoms with E-state index in [1.54, 1.807) is 0 Å². The summed E-state index contributed by atoms with van der Waals surface area (Å²) >= 11 is 6.06. The SMILES string of the molecule is CS(=O)(=O)OC1CCC1c1ccccc1Cl. The summed E-state index contributed by atoms with van der Waals surface area (Å²) in [5.74, 6) is 0.100. The second-order valence-corrected chi connectivity index (χ2v) is 6.05. The number of halogens is 1. The molecule has 5 heteroatoms. The van der Waals surface area contributed by atoms with E-state index in [4.69, 9.17) is 15.8 Å². The summed E-state index contributed by atoms with van der Waals surface area (Å²) in [5, 5.41) is 0.675. The zero-order chi connectivity index (χ0) is 11.8. The number of hydrogen-bond acceptors (Lipinski definition) is 3. The fraction of sp³-hybridized carbons (Fsp3) is 0.455. The monoisotopic (exact) mass is 260 g/mol. The molecule has 0 bridgehead atoms. The summed E-state index contributed by atoms with van der Waals surface area (Å²) < 4.78 is 27.1. The predicted molar refractivity (Wildman–Crippen MR) is 63.1 cm³/mol.